The lowest BCUT2D eigenvalue weighted by molar-refractivity contribution is 0.112. The van der Waals surface area contributed by atoms with Crippen molar-refractivity contribution in [3.8, 4) is 0 Å². The average Bonchev–Trinajstić information content (AvgIpc) is 2.26. The van der Waals surface area contributed by atoms with E-state index in [-0.39, 0.29) is 0 Å². The highest BCUT2D eigenvalue weighted by Crippen LogP contribution is 2.28. The summed E-state index contributed by atoms with van der Waals surface area (Å²) >= 11 is 6.18. The third kappa shape index (κ3) is 2.99. The molecule has 0 spiro atoms. The van der Waals surface area contributed by atoms with Gasteiger partial charge >= 0.3 is 0 Å². The number of nitrogens with zero attached hydrogens (tertiary/aromatic N) is 1. The number of hydrogen-bond donors (Lipinski definition) is 0. The number of halogens is 1. The number of anilines is 1. The summed E-state index contributed by atoms with van der Waals surface area (Å²) in [5, 5.41) is 0.645. The Morgan fingerprint density at radius 3 is 2.56 bits per heavy atom. The third-order valence-electron chi connectivity index (χ3n) is 2.51. The van der Waals surface area contributed by atoms with Gasteiger partial charge in [-0.2, -0.15) is 0 Å². The van der Waals surface area contributed by atoms with Crippen molar-refractivity contribution in [2.75, 3.05) is 11.4 Å². The fourth-order valence-electron chi connectivity index (χ4n) is 1.73. The molecule has 3 heteroatoms. The molecule has 1 aromatic carbocycles. The zero-order valence-corrected chi connectivity index (χ0v) is 10.8. The molecule has 0 unspecified atom stereocenters. The van der Waals surface area contributed by atoms with E-state index in [1.54, 1.807) is 12.1 Å². The summed E-state index contributed by atoms with van der Waals surface area (Å²) in [6.07, 6.45) is 1.89. The van der Waals surface area contributed by atoms with Gasteiger partial charge in [0.05, 0.1) is 10.7 Å². The maximum atomic E-state index is 10.6. The van der Waals surface area contributed by atoms with Crippen molar-refractivity contribution in [3.63, 3.8) is 0 Å². The van der Waals surface area contributed by atoms with E-state index in [9.17, 15) is 4.79 Å². The van der Waals surface area contributed by atoms with E-state index in [1.807, 2.05) is 6.07 Å². The number of rotatable bonds is 5. The van der Waals surface area contributed by atoms with Crippen LogP contribution < -0.4 is 4.90 Å². The molecular formula is C13H18ClNO. The molecule has 0 saturated carbocycles. The zero-order chi connectivity index (χ0) is 12.1. The fourth-order valence-corrected chi connectivity index (χ4v) is 2.02. The van der Waals surface area contributed by atoms with E-state index in [1.165, 1.54) is 0 Å². The van der Waals surface area contributed by atoms with Crippen molar-refractivity contribution >= 4 is 23.6 Å². The number of carbonyl (C=O) groups is 1. The molecule has 0 aliphatic carbocycles. The van der Waals surface area contributed by atoms with Gasteiger partial charge in [0.25, 0.3) is 0 Å². The highest BCUT2D eigenvalue weighted by atomic mass is 35.5. The van der Waals surface area contributed by atoms with Crippen molar-refractivity contribution in [1.29, 1.82) is 0 Å². The summed E-state index contributed by atoms with van der Waals surface area (Å²) in [6.45, 7) is 7.39. The zero-order valence-electron chi connectivity index (χ0n) is 10.0. The Kier molecular flexibility index (Phi) is 4.81. The van der Waals surface area contributed by atoms with Crippen LogP contribution in [0, 0.1) is 0 Å². The third-order valence-corrected chi connectivity index (χ3v) is 2.81. The Hall–Kier alpha value is -1.02. The highest BCUT2D eigenvalue weighted by molar-refractivity contribution is 6.33. The van der Waals surface area contributed by atoms with E-state index < -0.39 is 0 Å². The molecule has 1 aromatic rings. The lowest BCUT2D eigenvalue weighted by Gasteiger charge is -2.29. The molecule has 0 atom stereocenters. The topological polar surface area (TPSA) is 20.3 Å². The molecule has 0 fully saturated rings. The standard InChI is InChI=1S/C13H18ClNO/c1-4-7-15(10(2)3)13-6-5-11(9-16)8-12(13)14/h5-6,8-10H,4,7H2,1-3H3. The van der Waals surface area contributed by atoms with Crippen LogP contribution in [0.3, 0.4) is 0 Å². The van der Waals surface area contributed by atoms with Crippen LogP contribution >= 0.6 is 11.6 Å². The van der Waals surface area contributed by atoms with Gasteiger partial charge in [-0.1, -0.05) is 18.5 Å². The Balaban J connectivity index is 3.04. The molecule has 0 radical (unpaired) electrons. The Bertz CT molecular complexity index is 363. The summed E-state index contributed by atoms with van der Waals surface area (Å²) in [6, 6.07) is 5.84. The van der Waals surface area contributed by atoms with E-state index >= 15 is 0 Å². The molecular weight excluding hydrogens is 222 g/mol. The van der Waals surface area contributed by atoms with Gasteiger partial charge in [-0.25, -0.2) is 0 Å². The van der Waals surface area contributed by atoms with Crippen molar-refractivity contribution in [1.82, 2.24) is 0 Å². The predicted molar refractivity (Wildman–Crippen MR) is 69.6 cm³/mol. The lowest BCUT2D eigenvalue weighted by Crippen LogP contribution is -2.31. The first-order chi connectivity index (χ1) is 7.60. The van der Waals surface area contributed by atoms with Crippen LogP contribution in [0.5, 0.6) is 0 Å². The first-order valence-corrected chi connectivity index (χ1v) is 5.99. The lowest BCUT2D eigenvalue weighted by atomic mass is 10.1. The van der Waals surface area contributed by atoms with E-state index in [2.05, 4.69) is 25.7 Å². The van der Waals surface area contributed by atoms with E-state index in [4.69, 9.17) is 11.6 Å². The first-order valence-electron chi connectivity index (χ1n) is 5.61. The predicted octanol–water partition coefficient (Wildman–Crippen LogP) is 3.78. The van der Waals surface area contributed by atoms with Gasteiger partial charge in [-0.3, -0.25) is 4.79 Å². The minimum absolute atomic E-state index is 0.402. The molecule has 0 bridgehead atoms. The smallest absolute Gasteiger partial charge is 0.150 e. The molecule has 0 N–H and O–H groups in total. The van der Waals surface area contributed by atoms with Gasteiger partial charge in [-0.05, 0) is 38.5 Å². The maximum Gasteiger partial charge on any atom is 0.150 e. The number of carbonyl (C=O) groups excluding carboxylic acids is 1. The molecule has 0 aliphatic heterocycles. The molecule has 0 amide bonds. The van der Waals surface area contributed by atoms with Gasteiger partial charge in [0.1, 0.15) is 6.29 Å². The van der Waals surface area contributed by atoms with E-state index in [0.29, 0.717) is 16.6 Å². The number of aldehydes is 1. The summed E-state index contributed by atoms with van der Waals surface area (Å²) in [4.78, 5) is 12.9. The number of hydrogen-bond acceptors (Lipinski definition) is 2. The quantitative estimate of drug-likeness (QED) is 0.729. The second-order valence-electron chi connectivity index (χ2n) is 4.12. The largest absolute Gasteiger partial charge is 0.368 e. The van der Waals surface area contributed by atoms with Crippen molar-refractivity contribution in [2.24, 2.45) is 0 Å². The van der Waals surface area contributed by atoms with Crippen LogP contribution in [0.2, 0.25) is 5.02 Å². The fraction of sp³-hybridized carbons (Fsp3) is 0.462. The molecule has 0 heterocycles. The molecule has 2 nitrogen and oxygen atoms in total. The van der Waals surface area contributed by atoms with Crippen LogP contribution in [0.25, 0.3) is 0 Å². The van der Waals surface area contributed by atoms with E-state index in [0.717, 1.165) is 24.9 Å². The van der Waals surface area contributed by atoms with Crippen LogP contribution in [-0.2, 0) is 0 Å². The van der Waals surface area contributed by atoms with Crippen LogP contribution in [0.4, 0.5) is 5.69 Å². The average molecular weight is 240 g/mol. The van der Waals surface area contributed by atoms with Gasteiger partial charge in [-0.15, -0.1) is 0 Å². The number of benzene rings is 1. The second-order valence-corrected chi connectivity index (χ2v) is 4.52. The summed E-state index contributed by atoms with van der Waals surface area (Å²) < 4.78 is 0. The molecule has 0 aliphatic rings. The molecule has 0 aromatic heterocycles. The molecule has 1 rings (SSSR count). The molecule has 88 valence electrons. The Labute approximate surface area is 102 Å². The maximum absolute atomic E-state index is 10.6. The summed E-state index contributed by atoms with van der Waals surface area (Å²) in [5.74, 6) is 0. The monoisotopic (exact) mass is 239 g/mol. The van der Waals surface area contributed by atoms with Gasteiger partial charge in [0.2, 0.25) is 0 Å². The second kappa shape index (κ2) is 5.90. The minimum Gasteiger partial charge on any atom is -0.368 e. The van der Waals surface area contributed by atoms with Crippen LogP contribution in [0.1, 0.15) is 37.6 Å². The Morgan fingerprint density at radius 2 is 2.12 bits per heavy atom. The Morgan fingerprint density at radius 1 is 1.44 bits per heavy atom. The first kappa shape index (κ1) is 13.0. The molecule has 16 heavy (non-hydrogen) atoms. The van der Waals surface area contributed by atoms with Crippen molar-refractivity contribution < 1.29 is 4.79 Å². The van der Waals surface area contributed by atoms with Gasteiger partial charge in [0, 0.05) is 18.2 Å². The SMILES string of the molecule is CCCN(c1ccc(C=O)cc1Cl)C(C)C. The van der Waals surface area contributed by atoms with Crippen LogP contribution in [-0.4, -0.2) is 18.9 Å². The van der Waals surface area contributed by atoms with Crippen LogP contribution in [0.15, 0.2) is 18.2 Å². The van der Waals surface area contributed by atoms with Gasteiger partial charge in [0.15, 0.2) is 0 Å². The van der Waals surface area contributed by atoms with Gasteiger partial charge < -0.3 is 4.90 Å². The van der Waals surface area contributed by atoms with Crippen molar-refractivity contribution in [3.05, 3.63) is 28.8 Å². The summed E-state index contributed by atoms with van der Waals surface area (Å²) in [7, 11) is 0. The minimum atomic E-state index is 0.402. The summed E-state index contributed by atoms with van der Waals surface area (Å²) in [5.41, 5.74) is 1.62. The normalized spacial score (nSPS) is 10.6. The molecule has 0 saturated heterocycles. The van der Waals surface area contributed by atoms with Crippen molar-refractivity contribution in [2.45, 2.75) is 33.2 Å². The highest BCUT2D eigenvalue weighted by Gasteiger charge is 2.12.